The molecule has 0 saturated heterocycles. The van der Waals surface area contributed by atoms with Crippen molar-refractivity contribution in [2.75, 3.05) is 6.61 Å². The second-order valence-corrected chi connectivity index (χ2v) is 3.92. The van der Waals surface area contributed by atoms with Gasteiger partial charge in [-0.1, -0.05) is 5.16 Å². The lowest BCUT2D eigenvalue weighted by atomic mass is 10.3. The first-order valence-electron chi connectivity index (χ1n) is 4.58. The lowest BCUT2D eigenvalue weighted by molar-refractivity contribution is 0.0550. The monoisotopic (exact) mass is 255 g/mol. The summed E-state index contributed by atoms with van der Waals surface area (Å²) in [6.07, 6.45) is -0.0214. The third-order valence-electron chi connectivity index (χ3n) is 1.62. The summed E-state index contributed by atoms with van der Waals surface area (Å²) in [5, 5.41) is -0.372. The van der Waals surface area contributed by atoms with Crippen LogP contribution in [0.2, 0.25) is 0 Å². The zero-order valence-electron chi connectivity index (χ0n) is 8.78. The van der Waals surface area contributed by atoms with Gasteiger partial charge in [-0.2, -0.15) is 13.8 Å². The molecule has 1 aromatic heterocycles. The fourth-order valence-corrected chi connectivity index (χ4v) is 0.948. The van der Waals surface area contributed by atoms with Gasteiger partial charge in [0.2, 0.25) is 0 Å². The van der Waals surface area contributed by atoms with Crippen molar-refractivity contribution < 1.29 is 18.0 Å². The summed E-state index contributed by atoms with van der Waals surface area (Å²) >= 11 is 4.70. The molecule has 0 aliphatic carbocycles. The topological polar surface area (TPSA) is 74.2 Å². The third-order valence-corrected chi connectivity index (χ3v) is 1.79. The van der Waals surface area contributed by atoms with Crippen LogP contribution < -0.4 is 5.73 Å². The molecular weight excluding hydrogens is 244 g/mol. The molecule has 0 aliphatic rings. The van der Waals surface area contributed by atoms with Gasteiger partial charge in [0.25, 0.3) is 0 Å². The van der Waals surface area contributed by atoms with Crippen LogP contribution >= 0.6 is 11.6 Å². The van der Waals surface area contributed by atoms with Gasteiger partial charge in [-0.15, -0.1) is 0 Å². The van der Waals surface area contributed by atoms with E-state index in [4.69, 9.17) is 22.1 Å². The summed E-state index contributed by atoms with van der Waals surface area (Å²) in [4.78, 5) is 3.39. The summed E-state index contributed by atoms with van der Waals surface area (Å²) in [5.41, 5.74) is 5.60. The van der Waals surface area contributed by atoms with Crippen LogP contribution in [-0.4, -0.2) is 22.9 Å². The minimum atomic E-state index is -3.68. The molecule has 8 heteroatoms. The molecule has 92 valence electrons. The van der Waals surface area contributed by atoms with Gasteiger partial charge in [0.1, 0.15) is 0 Å². The molecule has 0 fully saturated rings. The molecule has 1 heterocycles. The molecule has 0 amide bonds. The standard InChI is InChI=1S/C8H12ClF2N3O2/c1-4(2)15-3-5(12)6-13-7(16-14-6)8(9,10)11/h4-5H,3,12H2,1-2H3. The van der Waals surface area contributed by atoms with E-state index in [1.165, 1.54) is 0 Å². The average Bonchev–Trinajstić information content (AvgIpc) is 2.61. The lowest BCUT2D eigenvalue weighted by Crippen LogP contribution is -2.21. The Bertz CT molecular complexity index is 340. The Morgan fingerprint density at radius 3 is 2.62 bits per heavy atom. The Morgan fingerprint density at radius 2 is 2.19 bits per heavy atom. The molecule has 0 aliphatic heterocycles. The molecule has 2 N–H and O–H groups in total. The van der Waals surface area contributed by atoms with Crippen molar-refractivity contribution in [3.05, 3.63) is 11.7 Å². The van der Waals surface area contributed by atoms with Gasteiger partial charge in [-0.3, -0.25) is 0 Å². The SMILES string of the molecule is CC(C)OCC(N)c1noc(C(F)(F)Cl)n1. The summed E-state index contributed by atoms with van der Waals surface area (Å²) < 4.78 is 34.5. The highest BCUT2D eigenvalue weighted by molar-refractivity contribution is 6.21. The van der Waals surface area contributed by atoms with Crippen LogP contribution in [0.3, 0.4) is 0 Å². The van der Waals surface area contributed by atoms with Gasteiger partial charge < -0.3 is 15.0 Å². The van der Waals surface area contributed by atoms with Crippen molar-refractivity contribution >= 4 is 11.6 Å². The zero-order chi connectivity index (χ0) is 12.3. The first-order valence-corrected chi connectivity index (χ1v) is 4.96. The number of hydrogen-bond acceptors (Lipinski definition) is 5. The molecule has 1 unspecified atom stereocenters. The van der Waals surface area contributed by atoms with Crippen molar-refractivity contribution in [2.45, 2.75) is 31.4 Å². The molecule has 1 atom stereocenters. The largest absolute Gasteiger partial charge is 0.400 e. The molecule has 1 rings (SSSR count). The van der Waals surface area contributed by atoms with E-state index in [0.29, 0.717) is 0 Å². The van der Waals surface area contributed by atoms with Crippen molar-refractivity contribution in [1.82, 2.24) is 10.1 Å². The van der Waals surface area contributed by atoms with E-state index in [2.05, 4.69) is 14.7 Å². The smallest absolute Gasteiger partial charge is 0.377 e. The summed E-state index contributed by atoms with van der Waals surface area (Å²) in [6.45, 7) is 3.76. The van der Waals surface area contributed by atoms with Crippen LogP contribution in [0.15, 0.2) is 4.52 Å². The number of nitrogens with two attached hydrogens (primary N) is 1. The number of nitrogens with zero attached hydrogens (tertiary/aromatic N) is 2. The first kappa shape index (κ1) is 13.3. The fraction of sp³-hybridized carbons (Fsp3) is 0.750. The maximum Gasteiger partial charge on any atom is 0.400 e. The molecule has 0 radical (unpaired) electrons. The van der Waals surface area contributed by atoms with Gasteiger partial charge in [0.05, 0.1) is 18.8 Å². The number of alkyl halides is 3. The van der Waals surface area contributed by atoms with E-state index in [-0.39, 0.29) is 18.5 Å². The van der Waals surface area contributed by atoms with Gasteiger partial charge >= 0.3 is 11.3 Å². The molecule has 5 nitrogen and oxygen atoms in total. The van der Waals surface area contributed by atoms with E-state index < -0.39 is 17.3 Å². The molecule has 0 spiro atoms. The minimum Gasteiger partial charge on any atom is -0.377 e. The molecule has 0 saturated carbocycles. The lowest BCUT2D eigenvalue weighted by Gasteiger charge is -2.10. The zero-order valence-corrected chi connectivity index (χ0v) is 9.54. The van der Waals surface area contributed by atoms with Crippen LogP contribution in [0.25, 0.3) is 0 Å². The van der Waals surface area contributed by atoms with E-state index in [9.17, 15) is 8.78 Å². The van der Waals surface area contributed by atoms with Crippen molar-refractivity contribution in [3.8, 4) is 0 Å². The molecular formula is C8H12ClF2N3O2. The number of aromatic nitrogens is 2. The van der Waals surface area contributed by atoms with Crippen molar-refractivity contribution in [3.63, 3.8) is 0 Å². The second-order valence-electron chi connectivity index (χ2n) is 3.44. The van der Waals surface area contributed by atoms with Crippen LogP contribution in [0.1, 0.15) is 31.6 Å². The van der Waals surface area contributed by atoms with E-state index in [1.807, 2.05) is 13.8 Å². The quantitative estimate of drug-likeness (QED) is 0.812. The molecule has 0 aromatic carbocycles. The van der Waals surface area contributed by atoms with Gasteiger partial charge in [-0.05, 0) is 25.4 Å². The molecule has 16 heavy (non-hydrogen) atoms. The number of ether oxygens (including phenoxy) is 1. The minimum absolute atomic E-state index is 0.0214. The van der Waals surface area contributed by atoms with Crippen LogP contribution in [0.5, 0.6) is 0 Å². The predicted octanol–water partition coefficient (Wildman–Crippen LogP) is 1.78. The Kier molecular flexibility index (Phi) is 4.17. The Hall–Kier alpha value is -0.790. The van der Waals surface area contributed by atoms with Gasteiger partial charge in [0, 0.05) is 0 Å². The second kappa shape index (κ2) is 5.03. The van der Waals surface area contributed by atoms with Gasteiger partial charge in [0.15, 0.2) is 5.82 Å². The van der Waals surface area contributed by atoms with Crippen LogP contribution in [-0.2, 0) is 10.1 Å². The van der Waals surface area contributed by atoms with E-state index in [1.54, 1.807) is 0 Å². The maximum atomic E-state index is 12.5. The molecule has 1 aromatic rings. The van der Waals surface area contributed by atoms with Crippen molar-refractivity contribution in [1.29, 1.82) is 0 Å². The van der Waals surface area contributed by atoms with Crippen LogP contribution in [0, 0.1) is 0 Å². The maximum absolute atomic E-state index is 12.5. The predicted molar refractivity (Wildman–Crippen MR) is 52.1 cm³/mol. The van der Waals surface area contributed by atoms with Gasteiger partial charge in [-0.25, -0.2) is 0 Å². The highest BCUT2D eigenvalue weighted by Crippen LogP contribution is 2.31. The highest BCUT2D eigenvalue weighted by Gasteiger charge is 2.36. The number of halogens is 3. The van der Waals surface area contributed by atoms with E-state index in [0.717, 1.165) is 0 Å². The van der Waals surface area contributed by atoms with E-state index >= 15 is 0 Å². The summed E-state index contributed by atoms with van der Waals surface area (Å²) in [7, 11) is 0. The number of hydrogen-bond donors (Lipinski definition) is 1. The fourth-order valence-electron chi connectivity index (χ4n) is 0.871. The van der Waals surface area contributed by atoms with Crippen molar-refractivity contribution in [2.24, 2.45) is 5.73 Å². The number of rotatable bonds is 5. The first-order chi connectivity index (χ1) is 7.30. The normalized spacial score (nSPS) is 14.4. The Morgan fingerprint density at radius 1 is 1.56 bits per heavy atom. The Balaban J connectivity index is 2.63. The summed E-state index contributed by atoms with van der Waals surface area (Å²) in [5.74, 6) is -1.03. The Labute approximate surface area is 95.9 Å². The summed E-state index contributed by atoms with van der Waals surface area (Å²) in [6, 6.07) is -0.723. The highest BCUT2D eigenvalue weighted by atomic mass is 35.5. The van der Waals surface area contributed by atoms with Crippen LogP contribution in [0.4, 0.5) is 8.78 Å². The third kappa shape index (κ3) is 3.66. The average molecular weight is 256 g/mol. The molecule has 0 bridgehead atoms.